The van der Waals surface area contributed by atoms with Gasteiger partial charge in [-0.3, -0.25) is 14.5 Å². The van der Waals surface area contributed by atoms with Gasteiger partial charge in [-0.25, -0.2) is 4.39 Å². The van der Waals surface area contributed by atoms with Gasteiger partial charge in [0.05, 0.1) is 16.8 Å². The third kappa shape index (κ3) is 5.46. The smallest absolute Gasteiger partial charge is 0.241 e. The van der Waals surface area contributed by atoms with Crippen LogP contribution < -0.4 is 15.5 Å². The lowest BCUT2D eigenvalue weighted by molar-refractivity contribution is -0.121. The Morgan fingerprint density at radius 3 is 2.28 bits per heavy atom. The molecule has 6 nitrogen and oxygen atoms in total. The maximum atomic E-state index is 13.1. The van der Waals surface area contributed by atoms with E-state index in [4.69, 9.17) is 11.6 Å². The van der Waals surface area contributed by atoms with E-state index in [0.717, 1.165) is 31.9 Å². The van der Waals surface area contributed by atoms with Crippen LogP contribution in [0.15, 0.2) is 42.5 Å². The quantitative estimate of drug-likeness (QED) is 0.778. The molecule has 2 N–H and O–H groups in total. The Morgan fingerprint density at radius 2 is 1.69 bits per heavy atom. The molecule has 1 atom stereocenters. The number of carbonyl (C=O) groups excluding carboxylic acids is 2. The Kier molecular flexibility index (Phi) is 6.71. The van der Waals surface area contributed by atoms with E-state index < -0.39 is 0 Å². The highest BCUT2D eigenvalue weighted by Crippen LogP contribution is 2.26. The number of benzene rings is 2. The first kappa shape index (κ1) is 21.1. The lowest BCUT2D eigenvalue weighted by Crippen LogP contribution is -2.52. The van der Waals surface area contributed by atoms with Crippen LogP contribution in [0.2, 0.25) is 5.02 Å². The van der Waals surface area contributed by atoms with E-state index >= 15 is 0 Å². The van der Waals surface area contributed by atoms with Crippen LogP contribution in [0.5, 0.6) is 0 Å². The third-order valence-electron chi connectivity index (χ3n) is 4.98. The summed E-state index contributed by atoms with van der Waals surface area (Å²) >= 11 is 6.23. The predicted octanol–water partition coefficient (Wildman–Crippen LogP) is 3.59. The normalized spacial score (nSPS) is 15.7. The van der Waals surface area contributed by atoms with Gasteiger partial charge in [-0.15, -0.1) is 0 Å². The highest BCUT2D eigenvalue weighted by atomic mass is 35.5. The van der Waals surface area contributed by atoms with Gasteiger partial charge in [0, 0.05) is 44.5 Å². The molecule has 0 saturated carbocycles. The number of nitrogens with zero attached hydrogens (tertiary/aromatic N) is 2. The van der Waals surface area contributed by atoms with Gasteiger partial charge in [-0.2, -0.15) is 0 Å². The van der Waals surface area contributed by atoms with Crippen LogP contribution in [0.1, 0.15) is 13.8 Å². The molecule has 1 fully saturated rings. The first-order valence-corrected chi connectivity index (χ1v) is 9.84. The topological polar surface area (TPSA) is 64.7 Å². The van der Waals surface area contributed by atoms with Crippen LogP contribution in [-0.2, 0) is 9.59 Å². The summed E-state index contributed by atoms with van der Waals surface area (Å²) in [6, 6.07) is 11.1. The molecule has 0 aliphatic carbocycles. The lowest BCUT2D eigenvalue weighted by Gasteiger charge is -2.38. The van der Waals surface area contributed by atoms with Gasteiger partial charge < -0.3 is 15.5 Å². The molecule has 1 aliphatic rings. The second-order valence-electron chi connectivity index (χ2n) is 7.04. The van der Waals surface area contributed by atoms with Gasteiger partial charge >= 0.3 is 0 Å². The number of hydrogen-bond acceptors (Lipinski definition) is 4. The van der Waals surface area contributed by atoms with E-state index in [1.165, 1.54) is 19.1 Å². The zero-order valence-corrected chi connectivity index (χ0v) is 17.2. The number of rotatable bonds is 5. The van der Waals surface area contributed by atoms with Crippen molar-refractivity contribution in [1.82, 2.24) is 4.90 Å². The molecule has 3 rings (SSSR count). The van der Waals surface area contributed by atoms with E-state index in [-0.39, 0.29) is 23.7 Å². The van der Waals surface area contributed by atoms with Crippen molar-refractivity contribution in [2.75, 3.05) is 41.7 Å². The van der Waals surface area contributed by atoms with Crippen molar-refractivity contribution in [2.24, 2.45) is 0 Å². The largest absolute Gasteiger partial charge is 0.369 e. The van der Waals surface area contributed by atoms with Crippen molar-refractivity contribution >= 4 is 40.5 Å². The summed E-state index contributed by atoms with van der Waals surface area (Å²) in [4.78, 5) is 28.1. The zero-order valence-electron chi connectivity index (χ0n) is 16.4. The van der Waals surface area contributed by atoms with Gasteiger partial charge in [0.25, 0.3) is 0 Å². The van der Waals surface area contributed by atoms with Crippen molar-refractivity contribution in [3.63, 3.8) is 0 Å². The molecule has 2 aromatic rings. The summed E-state index contributed by atoms with van der Waals surface area (Å²) < 4.78 is 13.1. The maximum absolute atomic E-state index is 13.1. The molecule has 1 aliphatic heterocycles. The molecule has 2 amide bonds. The van der Waals surface area contributed by atoms with E-state index in [9.17, 15) is 14.0 Å². The van der Waals surface area contributed by atoms with Crippen LogP contribution >= 0.6 is 11.6 Å². The Bertz CT molecular complexity index is 883. The number of amides is 2. The molecule has 29 heavy (non-hydrogen) atoms. The van der Waals surface area contributed by atoms with Gasteiger partial charge in [0.1, 0.15) is 5.82 Å². The minimum Gasteiger partial charge on any atom is -0.369 e. The third-order valence-corrected chi connectivity index (χ3v) is 5.29. The second kappa shape index (κ2) is 9.24. The average molecular weight is 419 g/mol. The number of piperazine rings is 1. The number of nitrogens with one attached hydrogen (secondary N) is 2. The van der Waals surface area contributed by atoms with Crippen molar-refractivity contribution < 1.29 is 14.0 Å². The van der Waals surface area contributed by atoms with Crippen molar-refractivity contribution in [3.8, 4) is 0 Å². The van der Waals surface area contributed by atoms with Crippen molar-refractivity contribution in [2.45, 2.75) is 19.9 Å². The Hall–Kier alpha value is -2.64. The standard InChI is InChI=1S/C21H24ClFN4O2/c1-14(21(29)25-20-8-5-17(13-19(20)22)24-15(2)28)26-9-11-27(12-10-26)18-6-3-16(23)4-7-18/h3-8,13-14H,9-12H2,1-2H3,(H,24,28)(H,25,29). The van der Waals surface area contributed by atoms with E-state index in [2.05, 4.69) is 20.4 Å². The summed E-state index contributed by atoms with van der Waals surface area (Å²) in [7, 11) is 0. The average Bonchev–Trinajstić information content (AvgIpc) is 2.70. The Balaban J connectivity index is 1.55. The lowest BCUT2D eigenvalue weighted by atomic mass is 10.2. The van der Waals surface area contributed by atoms with Gasteiger partial charge in [-0.1, -0.05) is 11.6 Å². The molecule has 0 spiro atoms. The summed E-state index contributed by atoms with van der Waals surface area (Å²) in [5.41, 5.74) is 2.06. The summed E-state index contributed by atoms with van der Waals surface area (Å²) in [5, 5.41) is 5.87. The van der Waals surface area contributed by atoms with Gasteiger partial charge in [0.2, 0.25) is 11.8 Å². The number of carbonyl (C=O) groups is 2. The van der Waals surface area contributed by atoms with E-state index in [1.807, 2.05) is 6.92 Å². The monoisotopic (exact) mass is 418 g/mol. The molecule has 2 aromatic carbocycles. The molecular weight excluding hydrogens is 395 g/mol. The first-order valence-electron chi connectivity index (χ1n) is 9.46. The molecule has 154 valence electrons. The summed E-state index contributed by atoms with van der Waals surface area (Å²) in [6.07, 6.45) is 0. The van der Waals surface area contributed by atoms with Crippen LogP contribution in [-0.4, -0.2) is 48.9 Å². The number of anilines is 3. The van der Waals surface area contributed by atoms with E-state index in [1.54, 1.807) is 30.3 Å². The molecule has 8 heteroatoms. The number of hydrogen-bond donors (Lipinski definition) is 2. The minimum atomic E-state index is -0.323. The Morgan fingerprint density at radius 1 is 1.03 bits per heavy atom. The molecule has 0 bridgehead atoms. The highest BCUT2D eigenvalue weighted by Gasteiger charge is 2.26. The molecular formula is C21H24ClFN4O2. The Labute approximate surface area is 174 Å². The zero-order chi connectivity index (χ0) is 21.0. The fourth-order valence-corrected chi connectivity index (χ4v) is 3.55. The number of halogens is 2. The SMILES string of the molecule is CC(=O)Nc1ccc(NC(=O)C(C)N2CCN(c3ccc(F)cc3)CC2)c(Cl)c1. The van der Waals surface area contributed by atoms with Crippen molar-refractivity contribution in [3.05, 3.63) is 53.3 Å². The molecule has 0 aromatic heterocycles. The highest BCUT2D eigenvalue weighted by molar-refractivity contribution is 6.34. The van der Waals surface area contributed by atoms with Gasteiger partial charge in [0.15, 0.2) is 0 Å². The molecule has 1 saturated heterocycles. The predicted molar refractivity (Wildman–Crippen MR) is 114 cm³/mol. The van der Waals surface area contributed by atoms with Crippen LogP contribution in [0.3, 0.4) is 0 Å². The summed E-state index contributed by atoms with van der Waals surface area (Å²) in [5.74, 6) is -0.581. The fraction of sp³-hybridized carbons (Fsp3) is 0.333. The van der Waals surface area contributed by atoms with E-state index in [0.29, 0.717) is 16.4 Å². The molecule has 1 heterocycles. The van der Waals surface area contributed by atoms with Crippen molar-refractivity contribution in [1.29, 1.82) is 0 Å². The fourth-order valence-electron chi connectivity index (χ4n) is 3.32. The second-order valence-corrected chi connectivity index (χ2v) is 7.45. The maximum Gasteiger partial charge on any atom is 0.241 e. The summed E-state index contributed by atoms with van der Waals surface area (Å²) in [6.45, 7) is 6.25. The van der Waals surface area contributed by atoms with Crippen LogP contribution in [0, 0.1) is 5.82 Å². The minimum absolute atomic E-state index is 0.144. The molecule has 0 radical (unpaired) electrons. The first-order chi connectivity index (χ1) is 13.8. The van der Waals surface area contributed by atoms with Gasteiger partial charge in [-0.05, 0) is 49.4 Å². The molecule has 1 unspecified atom stereocenters. The van der Waals surface area contributed by atoms with Crippen LogP contribution in [0.4, 0.5) is 21.5 Å². The van der Waals surface area contributed by atoms with Crippen LogP contribution in [0.25, 0.3) is 0 Å².